The third-order valence-electron chi connectivity index (χ3n) is 4.87. The first-order valence-electron chi connectivity index (χ1n) is 9.48. The predicted molar refractivity (Wildman–Crippen MR) is 112 cm³/mol. The molecule has 0 unspecified atom stereocenters. The molecule has 0 N–H and O–H groups in total. The van der Waals surface area contributed by atoms with Crippen LogP contribution in [-0.2, 0) is 21.2 Å². The van der Waals surface area contributed by atoms with Crippen LogP contribution >= 0.6 is 0 Å². The highest BCUT2D eigenvalue weighted by Gasteiger charge is 2.36. The smallest absolute Gasteiger partial charge is 0.250 e. The maximum Gasteiger partial charge on any atom is 0.250 e. The molecule has 1 aliphatic rings. The van der Waals surface area contributed by atoms with Gasteiger partial charge in [-0.05, 0) is 55.7 Å². The second kappa shape index (κ2) is 8.22. The normalized spacial score (nSPS) is 14.5. The fraction of sp³-hybridized carbons (Fsp3) is 0.381. The highest BCUT2D eigenvalue weighted by atomic mass is 32.2. The van der Waals surface area contributed by atoms with Gasteiger partial charge in [0.05, 0.1) is 18.6 Å². The van der Waals surface area contributed by atoms with Crippen molar-refractivity contribution in [2.45, 2.75) is 32.7 Å². The van der Waals surface area contributed by atoms with E-state index in [1.165, 1.54) is 4.31 Å². The van der Waals surface area contributed by atoms with Crippen molar-refractivity contribution in [3.05, 3.63) is 54.1 Å². The maximum atomic E-state index is 13.4. The van der Waals surface area contributed by atoms with Crippen molar-refractivity contribution in [3.8, 4) is 5.75 Å². The molecule has 7 heteroatoms. The van der Waals surface area contributed by atoms with Gasteiger partial charge >= 0.3 is 0 Å². The van der Waals surface area contributed by atoms with Gasteiger partial charge in [-0.2, -0.15) is 0 Å². The van der Waals surface area contributed by atoms with Gasteiger partial charge in [0.15, 0.2) is 0 Å². The Kier molecular flexibility index (Phi) is 5.93. The first kappa shape index (κ1) is 20.2. The van der Waals surface area contributed by atoms with Crippen molar-refractivity contribution in [1.82, 2.24) is 0 Å². The molecular weight excluding hydrogens is 376 g/mol. The van der Waals surface area contributed by atoms with Crippen LogP contribution in [-0.4, -0.2) is 39.8 Å². The Labute approximate surface area is 166 Å². The molecule has 0 bridgehead atoms. The number of ether oxygens (including phenoxy) is 1. The number of amides is 1. The highest BCUT2D eigenvalue weighted by molar-refractivity contribution is 7.92. The van der Waals surface area contributed by atoms with E-state index in [0.29, 0.717) is 31.0 Å². The lowest BCUT2D eigenvalue weighted by molar-refractivity contribution is -0.119. The van der Waals surface area contributed by atoms with Crippen molar-refractivity contribution in [2.24, 2.45) is 0 Å². The van der Waals surface area contributed by atoms with Crippen LogP contribution in [0.5, 0.6) is 5.75 Å². The summed E-state index contributed by atoms with van der Waals surface area (Å²) in [6.07, 6.45) is 2.29. The molecule has 6 nitrogen and oxygen atoms in total. The fourth-order valence-corrected chi connectivity index (χ4v) is 4.85. The van der Waals surface area contributed by atoms with E-state index in [-0.39, 0.29) is 5.91 Å². The van der Waals surface area contributed by atoms with Gasteiger partial charge in [-0.15, -0.1) is 0 Å². The first-order valence-corrected chi connectivity index (χ1v) is 11.3. The van der Waals surface area contributed by atoms with Crippen molar-refractivity contribution >= 4 is 27.3 Å². The van der Waals surface area contributed by atoms with Gasteiger partial charge in [-0.25, -0.2) is 8.42 Å². The minimum Gasteiger partial charge on any atom is -0.494 e. The van der Waals surface area contributed by atoms with Crippen LogP contribution in [0.4, 0.5) is 11.4 Å². The van der Waals surface area contributed by atoms with Crippen LogP contribution in [0, 0.1) is 0 Å². The molecule has 2 aromatic carbocycles. The predicted octanol–water partition coefficient (Wildman–Crippen LogP) is 3.22. The molecule has 150 valence electrons. The summed E-state index contributed by atoms with van der Waals surface area (Å²) in [4.78, 5) is 15.1. The molecule has 1 heterocycles. The number of hydrogen-bond donors (Lipinski definition) is 0. The molecule has 3 rings (SSSR count). The van der Waals surface area contributed by atoms with E-state index in [2.05, 4.69) is 0 Å². The number of carbonyl (C=O) groups excluding carboxylic acids is 1. The molecule has 0 radical (unpaired) electrons. The van der Waals surface area contributed by atoms with Gasteiger partial charge in [0.1, 0.15) is 11.8 Å². The molecule has 0 aliphatic carbocycles. The molecule has 1 atom stereocenters. The average Bonchev–Trinajstić information content (AvgIpc) is 3.10. The van der Waals surface area contributed by atoms with Crippen LogP contribution in [0.25, 0.3) is 0 Å². The van der Waals surface area contributed by atoms with Crippen molar-refractivity contribution in [1.29, 1.82) is 0 Å². The molecule has 1 aliphatic heterocycles. The molecule has 0 saturated heterocycles. The van der Waals surface area contributed by atoms with E-state index < -0.39 is 16.1 Å². The second-order valence-corrected chi connectivity index (χ2v) is 8.64. The van der Waals surface area contributed by atoms with E-state index in [9.17, 15) is 13.2 Å². The van der Waals surface area contributed by atoms with Crippen LogP contribution in [0.3, 0.4) is 0 Å². The maximum absolute atomic E-state index is 13.4. The minimum atomic E-state index is -3.66. The van der Waals surface area contributed by atoms with Gasteiger partial charge in [-0.3, -0.25) is 9.10 Å². The van der Waals surface area contributed by atoms with E-state index in [0.717, 1.165) is 23.9 Å². The number of para-hydroxylation sites is 1. The monoisotopic (exact) mass is 402 g/mol. The van der Waals surface area contributed by atoms with Crippen LogP contribution in [0.15, 0.2) is 48.5 Å². The van der Waals surface area contributed by atoms with E-state index in [1.807, 2.05) is 38.1 Å². The molecular formula is C21H26N2O4S. The zero-order valence-electron chi connectivity index (χ0n) is 16.5. The summed E-state index contributed by atoms with van der Waals surface area (Å²) in [5, 5.41) is 0. The topological polar surface area (TPSA) is 66.9 Å². The number of fused-ring (bicyclic) bond motifs is 1. The molecule has 1 amide bonds. The molecule has 0 saturated carbocycles. The zero-order valence-corrected chi connectivity index (χ0v) is 17.3. The molecule has 28 heavy (non-hydrogen) atoms. The largest absolute Gasteiger partial charge is 0.494 e. The quantitative estimate of drug-likeness (QED) is 0.713. The van der Waals surface area contributed by atoms with Gasteiger partial charge in [0.2, 0.25) is 10.0 Å². The average molecular weight is 403 g/mol. The Morgan fingerprint density at radius 1 is 1.14 bits per heavy atom. The summed E-state index contributed by atoms with van der Waals surface area (Å²) < 4.78 is 31.9. The summed E-state index contributed by atoms with van der Waals surface area (Å²) in [5.74, 6) is 0.458. The van der Waals surface area contributed by atoms with Crippen molar-refractivity contribution in [2.75, 3.05) is 28.6 Å². The Hall–Kier alpha value is -2.54. The standard InChI is InChI=1S/C21H26N2O4S/c1-4-19(21(24)22-15-14-16-8-6-7-9-20(16)22)23(28(3,25)26)17-10-12-18(13-11-17)27-5-2/h6-13,19H,4-5,14-15H2,1-3H3/t19-/m1/s1. The van der Waals surface area contributed by atoms with E-state index in [4.69, 9.17) is 4.74 Å². The summed E-state index contributed by atoms with van der Waals surface area (Å²) in [6, 6.07) is 13.8. The molecule has 0 spiro atoms. The SMILES string of the molecule is CCOc1ccc(N([C@H](CC)C(=O)N2CCc3ccccc32)S(C)(=O)=O)cc1. The number of anilines is 2. The van der Waals surface area contributed by atoms with Gasteiger partial charge < -0.3 is 9.64 Å². The molecule has 0 aromatic heterocycles. The zero-order chi connectivity index (χ0) is 20.3. The number of nitrogens with zero attached hydrogens (tertiary/aromatic N) is 2. The molecule has 2 aromatic rings. The number of rotatable bonds is 7. The lowest BCUT2D eigenvalue weighted by Crippen LogP contribution is -2.50. The minimum absolute atomic E-state index is 0.202. The van der Waals surface area contributed by atoms with Gasteiger partial charge in [0, 0.05) is 12.2 Å². The summed E-state index contributed by atoms with van der Waals surface area (Å²) in [7, 11) is -3.66. The van der Waals surface area contributed by atoms with Crippen LogP contribution in [0.1, 0.15) is 25.8 Å². The lowest BCUT2D eigenvalue weighted by atomic mass is 10.1. The number of hydrogen-bond acceptors (Lipinski definition) is 4. The Balaban J connectivity index is 1.95. The van der Waals surface area contributed by atoms with Crippen molar-refractivity contribution in [3.63, 3.8) is 0 Å². The lowest BCUT2D eigenvalue weighted by Gasteiger charge is -2.33. The van der Waals surface area contributed by atoms with Crippen LogP contribution < -0.4 is 13.9 Å². The van der Waals surface area contributed by atoms with E-state index >= 15 is 0 Å². The third-order valence-corrected chi connectivity index (χ3v) is 6.05. The summed E-state index contributed by atoms with van der Waals surface area (Å²) >= 11 is 0. The summed E-state index contributed by atoms with van der Waals surface area (Å²) in [5.41, 5.74) is 2.43. The van der Waals surface area contributed by atoms with Crippen LogP contribution in [0.2, 0.25) is 0 Å². The third kappa shape index (κ3) is 3.99. The van der Waals surface area contributed by atoms with Gasteiger partial charge in [0.25, 0.3) is 5.91 Å². The van der Waals surface area contributed by atoms with Gasteiger partial charge in [-0.1, -0.05) is 25.1 Å². The Bertz CT molecular complexity index is 941. The summed E-state index contributed by atoms with van der Waals surface area (Å²) in [6.45, 7) is 4.81. The fourth-order valence-electron chi connectivity index (χ4n) is 3.65. The second-order valence-electron chi connectivity index (χ2n) is 6.78. The number of carbonyl (C=O) groups is 1. The first-order chi connectivity index (χ1) is 13.4. The molecule has 0 fully saturated rings. The highest BCUT2D eigenvalue weighted by Crippen LogP contribution is 2.31. The van der Waals surface area contributed by atoms with E-state index in [1.54, 1.807) is 29.2 Å². The Morgan fingerprint density at radius 2 is 1.82 bits per heavy atom. The Morgan fingerprint density at radius 3 is 2.43 bits per heavy atom. The van der Waals surface area contributed by atoms with Crippen molar-refractivity contribution < 1.29 is 17.9 Å². The number of sulfonamides is 1. The number of benzene rings is 2.